The van der Waals surface area contributed by atoms with E-state index in [2.05, 4.69) is 0 Å². The van der Waals surface area contributed by atoms with E-state index in [0.29, 0.717) is 6.61 Å². The number of rotatable bonds is 3. The molecule has 0 bridgehead atoms. The summed E-state index contributed by atoms with van der Waals surface area (Å²) in [4.78, 5) is 11.9. The molecule has 1 aromatic carbocycles. The van der Waals surface area contributed by atoms with Crippen LogP contribution in [0, 0.1) is 0 Å². The van der Waals surface area contributed by atoms with Gasteiger partial charge in [-0.05, 0) is 31.4 Å². The summed E-state index contributed by atoms with van der Waals surface area (Å²) < 4.78 is 43.1. The van der Waals surface area contributed by atoms with E-state index in [-0.39, 0.29) is 23.9 Å². The van der Waals surface area contributed by atoms with Crippen molar-refractivity contribution in [2.24, 2.45) is 0 Å². The molecular weight excluding hydrogens is 257 g/mol. The third-order valence-electron chi connectivity index (χ3n) is 3.20. The molecule has 19 heavy (non-hydrogen) atoms. The van der Waals surface area contributed by atoms with Crippen LogP contribution < -0.4 is 0 Å². The Morgan fingerprint density at radius 1 is 1.32 bits per heavy atom. The van der Waals surface area contributed by atoms with Crippen LogP contribution in [0.2, 0.25) is 0 Å². The summed E-state index contributed by atoms with van der Waals surface area (Å²) in [7, 11) is 0. The highest BCUT2D eigenvalue weighted by Crippen LogP contribution is 2.30. The van der Waals surface area contributed by atoms with Gasteiger partial charge in [0.05, 0.1) is 11.7 Å². The Hall–Kier alpha value is -1.36. The smallest absolute Gasteiger partial charge is 0.378 e. The Balaban J connectivity index is 2.06. The van der Waals surface area contributed by atoms with Gasteiger partial charge in [0, 0.05) is 18.6 Å². The van der Waals surface area contributed by atoms with Crippen LogP contribution in [0.25, 0.3) is 0 Å². The van der Waals surface area contributed by atoms with Crippen molar-refractivity contribution >= 4 is 5.78 Å². The van der Waals surface area contributed by atoms with Gasteiger partial charge in [-0.1, -0.05) is 12.1 Å². The number of carbonyl (C=O) groups excluding carboxylic acids is 1. The van der Waals surface area contributed by atoms with E-state index < -0.39 is 11.7 Å². The summed E-state index contributed by atoms with van der Waals surface area (Å²) in [6.45, 7) is 0.626. The highest BCUT2D eigenvalue weighted by Gasteiger charge is 2.31. The zero-order valence-corrected chi connectivity index (χ0v) is 10.4. The number of Topliss-reactive ketones (excluding diaryl/α,β-unsaturated/α-hetero) is 1. The van der Waals surface area contributed by atoms with Gasteiger partial charge in [0.2, 0.25) is 0 Å². The molecule has 0 spiro atoms. The Bertz CT molecular complexity index is 448. The third kappa shape index (κ3) is 3.80. The van der Waals surface area contributed by atoms with Crippen molar-refractivity contribution in [2.75, 3.05) is 6.61 Å². The average Bonchev–Trinajstić information content (AvgIpc) is 2.39. The van der Waals surface area contributed by atoms with E-state index in [4.69, 9.17) is 4.74 Å². The molecule has 104 valence electrons. The van der Waals surface area contributed by atoms with Gasteiger partial charge in [0.15, 0.2) is 5.78 Å². The zero-order valence-electron chi connectivity index (χ0n) is 10.4. The Labute approximate surface area is 109 Å². The lowest BCUT2D eigenvalue weighted by Gasteiger charge is -2.21. The molecule has 2 rings (SSSR count). The molecule has 5 heteroatoms. The van der Waals surface area contributed by atoms with E-state index in [0.717, 1.165) is 31.4 Å². The lowest BCUT2D eigenvalue weighted by Crippen LogP contribution is -2.22. The van der Waals surface area contributed by atoms with Crippen molar-refractivity contribution in [3.63, 3.8) is 0 Å². The summed E-state index contributed by atoms with van der Waals surface area (Å²) in [5.41, 5.74) is -0.688. The lowest BCUT2D eigenvalue weighted by atomic mass is 9.99. The van der Waals surface area contributed by atoms with Crippen molar-refractivity contribution in [3.8, 4) is 0 Å². The van der Waals surface area contributed by atoms with Crippen molar-refractivity contribution < 1.29 is 22.7 Å². The largest absolute Gasteiger partial charge is 0.416 e. The Kier molecular flexibility index (Phi) is 4.24. The molecule has 0 aliphatic carbocycles. The van der Waals surface area contributed by atoms with Gasteiger partial charge in [-0.2, -0.15) is 13.2 Å². The second kappa shape index (κ2) is 5.74. The fraction of sp³-hybridized carbons (Fsp3) is 0.500. The van der Waals surface area contributed by atoms with Gasteiger partial charge in [-0.15, -0.1) is 0 Å². The first-order valence-corrected chi connectivity index (χ1v) is 6.29. The van der Waals surface area contributed by atoms with E-state index >= 15 is 0 Å². The zero-order chi connectivity index (χ0) is 13.9. The van der Waals surface area contributed by atoms with Crippen LogP contribution in [0.1, 0.15) is 41.6 Å². The standard InChI is InChI=1S/C14H15F3O2/c15-14(16,17)11-5-3-4-10(8-11)13(18)9-12-6-1-2-7-19-12/h3-5,8,12H,1-2,6-7,9H2. The maximum absolute atomic E-state index is 12.6. The topological polar surface area (TPSA) is 26.3 Å². The van der Waals surface area contributed by atoms with Crippen molar-refractivity contribution in [2.45, 2.75) is 38.0 Å². The van der Waals surface area contributed by atoms with E-state index in [9.17, 15) is 18.0 Å². The van der Waals surface area contributed by atoms with Gasteiger partial charge in [0.25, 0.3) is 0 Å². The van der Waals surface area contributed by atoms with Crippen LogP contribution in [0.4, 0.5) is 13.2 Å². The number of halogens is 3. The summed E-state index contributed by atoms with van der Waals surface area (Å²) in [6.07, 6.45) is -1.64. The predicted molar refractivity (Wildman–Crippen MR) is 64.0 cm³/mol. The molecule has 0 aromatic heterocycles. The molecule has 1 aliphatic heterocycles. The minimum Gasteiger partial charge on any atom is -0.378 e. The van der Waals surface area contributed by atoms with Crippen molar-refractivity contribution in [1.82, 2.24) is 0 Å². The van der Waals surface area contributed by atoms with Crippen LogP contribution in [-0.2, 0) is 10.9 Å². The van der Waals surface area contributed by atoms with Gasteiger partial charge in [-0.25, -0.2) is 0 Å². The number of ketones is 1. The van der Waals surface area contributed by atoms with Gasteiger partial charge in [-0.3, -0.25) is 4.79 Å². The first-order valence-electron chi connectivity index (χ1n) is 6.29. The van der Waals surface area contributed by atoms with E-state index in [1.165, 1.54) is 12.1 Å². The normalized spacial score (nSPS) is 20.3. The van der Waals surface area contributed by atoms with Crippen LogP contribution in [0.3, 0.4) is 0 Å². The molecule has 1 heterocycles. The second-order valence-electron chi connectivity index (χ2n) is 4.69. The molecule has 1 fully saturated rings. The molecule has 0 radical (unpaired) electrons. The van der Waals surface area contributed by atoms with E-state index in [1.54, 1.807) is 0 Å². The Morgan fingerprint density at radius 2 is 2.11 bits per heavy atom. The quantitative estimate of drug-likeness (QED) is 0.781. The number of ether oxygens (including phenoxy) is 1. The maximum Gasteiger partial charge on any atom is 0.416 e. The molecular formula is C14H15F3O2. The summed E-state index contributed by atoms with van der Waals surface area (Å²) in [6, 6.07) is 4.55. The van der Waals surface area contributed by atoms with Gasteiger partial charge < -0.3 is 4.74 Å². The first kappa shape index (κ1) is 14.1. The average molecular weight is 272 g/mol. The third-order valence-corrected chi connectivity index (χ3v) is 3.20. The highest BCUT2D eigenvalue weighted by atomic mass is 19.4. The van der Waals surface area contributed by atoms with Gasteiger partial charge >= 0.3 is 6.18 Å². The molecule has 1 aliphatic rings. The number of hydrogen-bond acceptors (Lipinski definition) is 2. The van der Waals surface area contributed by atoms with Gasteiger partial charge in [0.1, 0.15) is 0 Å². The fourth-order valence-electron chi connectivity index (χ4n) is 2.16. The fourth-order valence-corrected chi connectivity index (χ4v) is 2.16. The first-order chi connectivity index (χ1) is 8.97. The van der Waals surface area contributed by atoms with E-state index in [1.807, 2.05) is 0 Å². The minimum atomic E-state index is -4.42. The van der Waals surface area contributed by atoms with Crippen molar-refractivity contribution in [1.29, 1.82) is 0 Å². The predicted octanol–water partition coefficient (Wildman–Crippen LogP) is 3.85. The molecule has 1 atom stereocenters. The molecule has 1 saturated heterocycles. The number of carbonyl (C=O) groups is 1. The number of alkyl halides is 3. The molecule has 0 N–H and O–H groups in total. The van der Waals surface area contributed by atoms with Crippen LogP contribution in [-0.4, -0.2) is 18.5 Å². The monoisotopic (exact) mass is 272 g/mol. The SMILES string of the molecule is O=C(CC1CCCCO1)c1cccc(C(F)(F)F)c1. The maximum atomic E-state index is 12.6. The summed E-state index contributed by atoms with van der Waals surface area (Å²) >= 11 is 0. The van der Waals surface area contributed by atoms with Crippen LogP contribution >= 0.6 is 0 Å². The molecule has 0 amide bonds. The molecule has 1 aromatic rings. The lowest BCUT2D eigenvalue weighted by molar-refractivity contribution is -0.137. The summed E-state index contributed by atoms with van der Waals surface area (Å²) in [5, 5.41) is 0. The number of hydrogen-bond donors (Lipinski definition) is 0. The van der Waals surface area contributed by atoms with Crippen LogP contribution in [0.15, 0.2) is 24.3 Å². The Morgan fingerprint density at radius 3 is 2.74 bits per heavy atom. The molecule has 2 nitrogen and oxygen atoms in total. The number of benzene rings is 1. The van der Waals surface area contributed by atoms with Crippen molar-refractivity contribution in [3.05, 3.63) is 35.4 Å². The summed E-state index contributed by atoms with van der Waals surface area (Å²) in [5.74, 6) is -0.294. The molecule has 0 saturated carbocycles. The highest BCUT2D eigenvalue weighted by molar-refractivity contribution is 5.96. The molecule has 1 unspecified atom stereocenters. The second-order valence-corrected chi connectivity index (χ2v) is 4.69. The van der Waals surface area contributed by atoms with Crippen LogP contribution in [0.5, 0.6) is 0 Å². The minimum absolute atomic E-state index is 0.101.